The maximum absolute atomic E-state index is 16.0. The van der Waals surface area contributed by atoms with Crippen molar-refractivity contribution < 1.29 is 33.0 Å². The zero-order valence-corrected chi connectivity index (χ0v) is 20.4. The van der Waals surface area contributed by atoms with E-state index in [1.54, 1.807) is 25.7 Å². The topological polar surface area (TPSA) is 110 Å². The summed E-state index contributed by atoms with van der Waals surface area (Å²) in [4.78, 5) is 38.1. The number of anilines is 1. The fourth-order valence-electron chi connectivity index (χ4n) is 5.34. The van der Waals surface area contributed by atoms with E-state index in [1.807, 2.05) is 0 Å². The van der Waals surface area contributed by atoms with Crippen LogP contribution >= 0.6 is 0 Å². The summed E-state index contributed by atoms with van der Waals surface area (Å²) in [6, 6.07) is 0.784. The molecule has 1 aromatic heterocycles. The van der Waals surface area contributed by atoms with Gasteiger partial charge in [-0.05, 0) is 46.1 Å². The number of nitrogens with one attached hydrogen (secondary N) is 1. The molecule has 194 valence electrons. The number of amides is 1. The molecule has 2 atom stereocenters. The average molecular weight is 506 g/mol. The number of benzene rings is 1. The Hall–Kier alpha value is -3.21. The maximum atomic E-state index is 16.0. The summed E-state index contributed by atoms with van der Waals surface area (Å²) >= 11 is 0. The van der Waals surface area contributed by atoms with E-state index < -0.39 is 45.9 Å². The minimum absolute atomic E-state index is 0.0815. The molecule has 1 saturated carbocycles. The third-order valence-corrected chi connectivity index (χ3v) is 7.10. The largest absolute Gasteiger partial charge is 0.477 e. The van der Waals surface area contributed by atoms with Gasteiger partial charge in [0.05, 0.1) is 17.4 Å². The van der Waals surface area contributed by atoms with Gasteiger partial charge in [0, 0.05) is 37.9 Å². The first-order valence-corrected chi connectivity index (χ1v) is 12.1. The van der Waals surface area contributed by atoms with Gasteiger partial charge in [-0.25, -0.2) is 18.4 Å². The number of carbonyl (C=O) groups excluding carboxylic acids is 1. The fraction of sp³-hybridized carbons (Fsp3) is 0.560. The number of hydrogen-bond donors (Lipinski definition) is 2. The molecule has 2 aromatic rings. The number of alkyl carbamates (subject to hydrolysis) is 1. The van der Waals surface area contributed by atoms with E-state index in [9.17, 15) is 19.5 Å². The molecule has 2 N–H and O–H groups in total. The van der Waals surface area contributed by atoms with Crippen LogP contribution in [-0.4, -0.2) is 59.2 Å². The summed E-state index contributed by atoms with van der Waals surface area (Å²) in [5.41, 5.74) is -3.32. The molecule has 0 spiro atoms. The zero-order valence-electron chi connectivity index (χ0n) is 20.4. The van der Waals surface area contributed by atoms with E-state index in [2.05, 4.69) is 5.32 Å². The van der Waals surface area contributed by atoms with Crippen LogP contribution in [0.25, 0.3) is 10.9 Å². The first-order valence-electron chi connectivity index (χ1n) is 12.1. The van der Waals surface area contributed by atoms with Gasteiger partial charge in [0.15, 0.2) is 5.82 Å². The van der Waals surface area contributed by atoms with Crippen molar-refractivity contribution in [3.05, 3.63) is 39.7 Å². The number of halogens is 2. The van der Waals surface area contributed by atoms with Gasteiger partial charge in [-0.3, -0.25) is 4.79 Å². The number of nitrogens with zero attached hydrogens (tertiary/aromatic N) is 2. The highest BCUT2D eigenvalue weighted by molar-refractivity contribution is 5.94. The summed E-state index contributed by atoms with van der Waals surface area (Å²) in [6.07, 6.45) is 2.64. The molecule has 3 fully saturated rings. The SMILES string of the molecule is CC(C)(C)OC(=O)NC[C@]12CN(c3c(F)cc4c(=O)c(C(=O)O)cn(C5CC5)c4c3F)C[C@@H]1CCO2. The Labute approximate surface area is 206 Å². The van der Waals surface area contributed by atoms with Crippen LogP contribution in [0, 0.1) is 17.6 Å². The smallest absolute Gasteiger partial charge is 0.407 e. The Morgan fingerprint density at radius 2 is 2.00 bits per heavy atom. The molecule has 0 radical (unpaired) electrons. The lowest BCUT2D eigenvalue weighted by molar-refractivity contribution is -0.000290. The first-order chi connectivity index (χ1) is 16.9. The van der Waals surface area contributed by atoms with Crippen LogP contribution in [0.2, 0.25) is 0 Å². The molecule has 1 aromatic carbocycles. The van der Waals surface area contributed by atoms with E-state index >= 15 is 8.78 Å². The molecule has 1 amide bonds. The first kappa shape index (κ1) is 24.5. The number of carboxylic acids is 1. The molecular weight excluding hydrogens is 476 g/mol. The number of aromatic carboxylic acids is 1. The zero-order chi connectivity index (χ0) is 26.0. The lowest BCUT2D eigenvalue weighted by Gasteiger charge is -2.30. The minimum atomic E-state index is -1.44. The normalized spacial score (nSPS) is 23.7. The molecular formula is C25H29F2N3O6. The van der Waals surface area contributed by atoms with Crippen molar-refractivity contribution in [1.29, 1.82) is 0 Å². The number of carboxylic acid groups (broad SMARTS) is 1. The predicted molar refractivity (Wildman–Crippen MR) is 127 cm³/mol. The van der Waals surface area contributed by atoms with Crippen LogP contribution in [0.15, 0.2) is 17.1 Å². The minimum Gasteiger partial charge on any atom is -0.477 e. The standard InChI is InChI=1S/C25H29F2N3O6/c1-24(2,3)36-23(34)28-11-25-12-29(9-13(25)6-7-35-25)20-17(26)8-15-19(18(20)27)30(14-4-5-14)10-16(21(15)31)22(32)33/h8,10,13-14H,4-7,9,11-12H2,1-3H3,(H,28,34)(H,32,33)/t13-,25-/m0/s1. The third kappa shape index (κ3) is 4.19. The summed E-state index contributed by atoms with van der Waals surface area (Å²) < 4.78 is 44.2. The Morgan fingerprint density at radius 3 is 2.64 bits per heavy atom. The Bertz CT molecular complexity index is 1320. The van der Waals surface area contributed by atoms with Crippen LogP contribution < -0.4 is 15.6 Å². The van der Waals surface area contributed by atoms with E-state index in [0.717, 1.165) is 12.3 Å². The van der Waals surface area contributed by atoms with Crippen LogP contribution in [0.4, 0.5) is 19.3 Å². The number of aromatic nitrogens is 1. The monoisotopic (exact) mass is 505 g/mol. The summed E-state index contributed by atoms with van der Waals surface area (Å²) in [6.45, 7) is 6.28. The highest BCUT2D eigenvalue weighted by Crippen LogP contribution is 2.44. The Kier molecular flexibility index (Phi) is 5.73. The average Bonchev–Trinajstić information content (AvgIpc) is 3.44. The number of hydrogen-bond acceptors (Lipinski definition) is 6. The molecule has 5 rings (SSSR count). The highest BCUT2D eigenvalue weighted by atomic mass is 19.1. The van der Waals surface area contributed by atoms with Crippen molar-refractivity contribution in [3.63, 3.8) is 0 Å². The van der Waals surface area contributed by atoms with Gasteiger partial charge in [-0.1, -0.05) is 0 Å². The van der Waals surface area contributed by atoms with E-state index in [4.69, 9.17) is 9.47 Å². The third-order valence-electron chi connectivity index (χ3n) is 7.10. The second-order valence-electron chi connectivity index (χ2n) is 10.9. The molecule has 2 saturated heterocycles. The Balaban J connectivity index is 1.50. The highest BCUT2D eigenvalue weighted by Gasteiger charge is 2.52. The van der Waals surface area contributed by atoms with Crippen molar-refractivity contribution in [3.8, 4) is 0 Å². The second kappa shape index (κ2) is 8.43. The fourth-order valence-corrected chi connectivity index (χ4v) is 5.34. The number of pyridine rings is 1. The molecule has 0 unspecified atom stereocenters. The Morgan fingerprint density at radius 1 is 1.28 bits per heavy atom. The van der Waals surface area contributed by atoms with Crippen molar-refractivity contribution in [2.24, 2.45) is 5.92 Å². The molecule has 2 aliphatic heterocycles. The van der Waals surface area contributed by atoms with Crippen LogP contribution in [0.1, 0.15) is 56.4 Å². The van der Waals surface area contributed by atoms with Gasteiger partial charge in [0.1, 0.15) is 28.3 Å². The van der Waals surface area contributed by atoms with Gasteiger partial charge in [-0.2, -0.15) is 0 Å². The number of carbonyl (C=O) groups is 2. The molecule has 1 aliphatic carbocycles. The molecule has 11 heteroatoms. The van der Waals surface area contributed by atoms with Gasteiger partial charge in [0.25, 0.3) is 0 Å². The van der Waals surface area contributed by atoms with Crippen molar-refractivity contribution in [2.45, 2.75) is 57.3 Å². The van der Waals surface area contributed by atoms with Crippen LogP contribution in [0.3, 0.4) is 0 Å². The lowest BCUT2D eigenvalue weighted by atomic mass is 9.91. The van der Waals surface area contributed by atoms with Gasteiger partial charge in [0.2, 0.25) is 5.43 Å². The number of ether oxygens (including phenoxy) is 2. The number of fused-ring (bicyclic) bond motifs is 2. The summed E-state index contributed by atoms with van der Waals surface area (Å²) in [5, 5.41) is 11.9. The maximum Gasteiger partial charge on any atom is 0.407 e. The van der Waals surface area contributed by atoms with Crippen molar-refractivity contribution in [1.82, 2.24) is 9.88 Å². The quantitative estimate of drug-likeness (QED) is 0.641. The molecule has 36 heavy (non-hydrogen) atoms. The molecule has 3 heterocycles. The molecule has 0 bridgehead atoms. The van der Waals surface area contributed by atoms with Gasteiger partial charge >= 0.3 is 12.1 Å². The lowest BCUT2D eigenvalue weighted by Crippen LogP contribution is -2.49. The molecule has 3 aliphatic rings. The van der Waals surface area contributed by atoms with Crippen LogP contribution in [-0.2, 0) is 9.47 Å². The number of rotatable bonds is 5. The van der Waals surface area contributed by atoms with Crippen molar-refractivity contribution >= 4 is 28.7 Å². The second-order valence-corrected chi connectivity index (χ2v) is 10.9. The van der Waals surface area contributed by atoms with Gasteiger partial charge < -0.3 is 29.4 Å². The predicted octanol–water partition coefficient (Wildman–Crippen LogP) is 3.43. The van der Waals surface area contributed by atoms with E-state index in [0.29, 0.717) is 32.4 Å². The van der Waals surface area contributed by atoms with Crippen molar-refractivity contribution in [2.75, 3.05) is 31.1 Å². The summed E-state index contributed by atoms with van der Waals surface area (Å²) in [5.74, 6) is -3.37. The molecule has 9 nitrogen and oxygen atoms in total. The van der Waals surface area contributed by atoms with Gasteiger partial charge in [-0.15, -0.1) is 0 Å². The van der Waals surface area contributed by atoms with Crippen LogP contribution in [0.5, 0.6) is 0 Å². The summed E-state index contributed by atoms with van der Waals surface area (Å²) in [7, 11) is 0. The van der Waals surface area contributed by atoms with E-state index in [-0.39, 0.29) is 41.6 Å². The van der Waals surface area contributed by atoms with E-state index in [1.165, 1.54) is 4.57 Å².